The van der Waals surface area contributed by atoms with Crippen molar-refractivity contribution in [2.24, 2.45) is 0 Å². The largest absolute Gasteiger partial charge is 0.372 e. The van der Waals surface area contributed by atoms with Crippen molar-refractivity contribution >= 4 is 17.4 Å². The molecule has 0 aromatic heterocycles. The van der Waals surface area contributed by atoms with Crippen molar-refractivity contribution in [1.29, 1.82) is 0 Å². The van der Waals surface area contributed by atoms with Crippen LogP contribution in [-0.4, -0.2) is 5.37 Å². The summed E-state index contributed by atoms with van der Waals surface area (Å²) in [6.45, 7) is 8.30. The maximum atomic E-state index is 3.40. The lowest BCUT2D eigenvalue weighted by molar-refractivity contribution is 1.15. The highest BCUT2D eigenvalue weighted by Gasteiger charge is 2.16. The minimum absolute atomic E-state index is 0.534. The topological polar surface area (TPSA) is 12.0 Å². The van der Waals surface area contributed by atoms with Crippen molar-refractivity contribution in [2.75, 3.05) is 5.32 Å². The number of hydrogen-bond donors (Lipinski definition) is 1. The third kappa shape index (κ3) is 2.41. The van der Waals surface area contributed by atoms with E-state index in [0.29, 0.717) is 5.37 Å². The molecule has 0 saturated heterocycles. The van der Waals surface area contributed by atoms with Gasteiger partial charge in [-0.1, -0.05) is 31.7 Å². The zero-order valence-electron chi connectivity index (χ0n) is 8.72. The molecule has 1 aliphatic heterocycles. The summed E-state index contributed by atoms with van der Waals surface area (Å²) in [7, 11) is 0. The average Bonchev–Trinajstić information content (AvgIpc) is 2.48. The second-order valence-corrected chi connectivity index (χ2v) is 4.29. The Morgan fingerprint density at radius 2 is 2.00 bits per heavy atom. The van der Waals surface area contributed by atoms with E-state index in [9.17, 15) is 0 Å². The fourth-order valence-corrected chi connectivity index (χ4v) is 2.26. The molecule has 0 saturated carbocycles. The van der Waals surface area contributed by atoms with Crippen molar-refractivity contribution in [3.63, 3.8) is 0 Å². The molecule has 0 bridgehead atoms. The Hall–Kier alpha value is -0.630. The van der Waals surface area contributed by atoms with E-state index >= 15 is 0 Å². The molecule has 0 fully saturated rings. The predicted octanol–water partition coefficient (Wildman–Crippen LogP) is 3.88. The van der Waals surface area contributed by atoms with Crippen LogP contribution in [0.3, 0.4) is 0 Å². The van der Waals surface area contributed by atoms with Crippen LogP contribution in [0.1, 0.15) is 26.3 Å². The number of hydrogen-bond acceptors (Lipinski definition) is 2. The number of thioether (sulfide) groups is 1. The van der Waals surface area contributed by atoms with Gasteiger partial charge < -0.3 is 5.32 Å². The van der Waals surface area contributed by atoms with Gasteiger partial charge in [-0.05, 0) is 31.5 Å². The van der Waals surface area contributed by atoms with Gasteiger partial charge in [-0.2, -0.15) is 0 Å². The Labute approximate surface area is 84.9 Å². The van der Waals surface area contributed by atoms with Crippen LogP contribution in [0.15, 0.2) is 23.1 Å². The van der Waals surface area contributed by atoms with Gasteiger partial charge in [-0.15, -0.1) is 0 Å². The summed E-state index contributed by atoms with van der Waals surface area (Å²) in [5, 5.41) is 3.94. The molecule has 0 aliphatic carbocycles. The van der Waals surface area contributed by atoms with Crippen LogP contribution in [0.4, 0.5) is 5.69 Å². The van der Waals surface area contributed by atoms with Gasteiger partial charge in [-0.25, -0.2) is 0 Å². The normalized spacial score (nSPS) is 18.3. The summed E-state index contributed by atoms with van der Waals surface area (Å²) < 4.78 is 0. The van der Waals surface area contributed by atoms with E-state index in [4.69, 9.17) is 0 Å². The SMILES string of the molecule is CC.Cc1ccc2c(c1)NC(C)S2. The molecule has 1 aliphatic rings. The molecule has 0 amide bonds. The van der Waals surface area contributed by atoms with Gasteiger partial charge >= 0.3 is 0 Å². The van der Waals surface area contributed by atoms with Gasteiger partial charge in [0.25, 0.3) is 0 Å². The molecule has 1 N–H and O–H groups in total. The standard InChI is InChI=1S/C9H11NS.C2H6/c1-6-3-4-9-8(5-6)10-7(2)11-9;1-2/h3-5,7,10H,1-2H3;1-2H3. The minimum atomic E-state index is 0.534. The monoisotopic (exact) mass is 195 g/mol. The van der Waals surface area contributed by atoms with Crippen LogP contribution in [0.25, 0.3) is 0 Å². The summed E-state index contributed by atoms with van der Waals surface area (Å²) in [6.07, 6.45) is 0. The van der Waals surface area contributed by atoms with E-state index in [1.54, 1.807) is 0 Å². The van der Waals surface area contributed by atoms with Crippen LogP contribution in [0, 0.1) is 6.92 Å². The zero-order chi connectivity index (χ0) is 9.84. The van der Waals surface area contributed by atoms with Crippen molar-refractivity contribution < 1.29 is 0 Å². The molecule has 2 rings (SSSR count). The molecule has 1 heterocycles. The fraction of sp³-hybridized carbons (Fsp3) is 0.455. The second-order valence-electron chi connectivity index (χ2n) is 2.90. The van der Waals surface area contributed by atoms with E-state index in [-0.39, 0.29) is 0 Å². The molecule has 72 valence electrons. The Bertz CT molecular complexity index is 283. The number of aryl methyl sites for hydroxylation is 1. The summed E-state index contributed by atoms with van der Waals surface area (Å²) in [6, 6.07) is 6.54. The van der Waals surface area contributed by atoms with Crippen LogP contribution in [-0.2, 0) is 0 Å². The fourth-order valence-electron chi connectivity index (χ4n) is 1.30. The average molecular weight is 195 g/mol. The minimum Gasteiger partial charge on any atom is -0.372 e. The lowest BCUT2D eigenvalue weighted by Crippen LogP contribution is -2.02. The molecule has 1 nitrogen and oxygen atoms in total. The van der Waals surface area contributed by atoms with Gasteiger partial charge in [-0.3, -0.25) is 0 Å². The molecule has 1 atom stereocenters. The summed E-state index contributed by atoms with van der Waals surface area (Å²) in [4.78, 5) is 1.38. The van der Waals surface area contributed by atoms with Gasteiger partial charge in [0.05, 0.1) is 5.37 Å². The van der Waals surface area contributed by atoms with E-state index in [0.717, 1.165) is 0 Å². The number of rotatable bonds is 0. The highest BCUT2D eigenvalue weighted by molar-refractivity contribution is 8.00. The summed E-state index contributed by atoms with van der Waals surface area (Å²) >= 11 is 1.89. The Morgan fingerprint density at radius 3 is 2.69 bits per heavy atom. The molecule has 1 aromatic carbocycles. The first-order chi connectivity index (χ1) is 6.25. The number of benzene rings is 1. The molecule has 13 heavy (non-hydrogen) atoms. The summed E-state index contributed by atoms with van der Waals surface area (Å²) in [5.74, 6) is 0. The first-order valence-electron chi connectivity index (χ1n) is 4.79. The van der Waals surface area contributed by atoms with E-state index in [1.807, 2.05) is 25.6 Å². The maximum absolute atomic E-state index is 3.40. The first-order valence-corrected chi connectivity index (χ1v) is 5.67. The third-order valence-corrected chi connectivity index (χ3v) is 2.88. The quantitative estimate of drug-likeness (QED) is 0.674. The lowest BCUT2D eigenvalue weighted by Gasteiger charge is -2.00. The molecule has 1 unspecified atom stereocenters. The van der Waals surface area contributed by atoms with Crippen molar-refractivity contribution in [3.8, 4) is 0 Å². The van der Waals surface area contributed by atoms with Gasteiger partial charge in [0.2, 0.25) is 0 Å². The molecule has 0 radical (unpaired) electrons. The number of nitrogens with one attached hydrogen (secondary N) is 1. The lowest BCUT2D eigenvalue weighted by atomic mass is 10.2. The molecule has 2 heteroatoms. The van der Waals surface area contributed by atoms with Crippen LogP contribution < -0.4 is 5.32 Å². The zero-order valence-corrected chi connectivity index (χ0v) is 9.53. The van der Waals surface area contributed by atoms with E-state index in [1.165, 1.54) is 16.1 Å². The highest BCUT2D eigenvalue weighted by atomic mass is 32.2. The maximum Gasteiger partial charge on any atom is 0.0741 e. The number of fused-ring (bicyclic) bond motifs is 1. The Balaban J connectivity index is 0.000000396. The molecular weight excluding hydrogens is 178 g/mol. The molecule has 1 aromatic rings. The Morgan fingerprint density at radius 1 is 1.31 bits per heavy atom. The molecule has 0 spiro atoms. The van der Waals surface area contributed by atoms with E-state index < -0.39 is 0 Å². The van der Waals surface area contributed by atoms with E-state index in [2.05, 4.69) is 37.4 Å². The van der Waals surface area contributed by atoms with Crippen molar-refractivity contribution in [3.05, 3.63) is 23.8 Å². The van der Waals surface area contributed by atoms with Crippen LogP contribution >= 0.6 is 11.8 Å². The van der Waals surface area contributed by atoms with Gasteiger partial charge in [0, 0.05) is 10.6 Å². The van der Waals surface area contributed by atoms with Crippen LogP contribution in [0.2, 0.25) is 0 Å². The second kappa shape index (κ2) is 4.56. The predicted molar refractivity (Wildman–Crippen MR) is 61.5 cm³/mol. The van der Waals surface area contributed by atoms with Crippen molar-refractivity contribution in [2.45, 2.75) is 38.0 Å². The van der Waals surface area contributed by atoms with Gasteiger partial charge in [0.15, 0.2) is 0 Å². The Kier molecular flexibility index (Phi) is 3.67. The molecular formula is C11H17NS. The van der Waals surface area contributed by atoms with Gasteiger partial charge in [0.1, 0.15) is 0 Å². The highest BCUT2D eigenvalue weighted by Crippen LogP contribution is 2.38. The number of anilines is 1. The summed E-state index contributed by atoms with van der Waals surface area (Å²) in [5.41, 5.74) is 2.62. The smallest absolute Gasteiger partial charge is 0.0741 e. The first kappa shape index (κ1) is 10.5. The third-order valence-electron chi connectivity index (χ3n) is 1.80. The van der Waals surface area contributed by atoms with Crippen LogP contribution in [0.5, 0.6) is 0 Å². The van der Waals surface area contributed by atoms with Crippen molar-refractivity contribution in [1.82, 2.24) is 0 Å².